The number of nitrogens with one attached hydrogen (secondary N) is 1. The second kappa shape index (κ2) is 7.79. The second-order valence-electron chi connectivity index (χ2n) is 5.82. The number of benzene rings is 1. The number of pyridine rings is 1. The van der Waals surface area contributed by atoms with Crippen molar-refractivity contribution in [2.45, 2.75) is 25.7 Å². The van der Waals surface area contributed by atoms with Crippen LogP contribution in [-0.2, 0) is 22.4 Å². The first-order valence-electron chi connectivity index (χ1n) is 8.26. The number of aromatic nitrogens is 1. The molecular formula is C19H20N2O4. The number of hydrogen-bond acceptors (Lipinski definition) is 5. The number of methoxy groups -OCH3 is 1. The number of para-hydroxylation sites is 1. The maximum absolute atomic E-state index is 12.2. The molecule has 0 atom stereocenters. The van der Waals surface area contributed by atoms with E-state index in [2.05, 4.69) is 10.3 Å². The number of amides is 1. The molecule has 0 aliphatic heterocycles. The third-order valence-electron chi connectivity index (χ3n) is 4.16. The van der Waals surface area contributed by atoms with Gasteiger partial charge in [-0.15, -0.1) is 0 Å². The lowest BCUT2D eigenvalue weighted by Gasteiger charge is -2.18. The summed E-state index contributed by atoms with van der Waals surface area (Å²) in [5.74, 6) is -0.126. The fourth-order valence-corrected chi connectivity index (χ4v) is 2.94. The van der Waals surface area contributed by atoms with Gasteiger partial charge in [0.1, 0.15) is 5.75 Å². The minimum Gasteiger partial charge on any atom is -0.483 e. The highest BCUT2D eigenvalue weighted by Gasteiger charge is 2.17. The lowest BCUT2D eigenvalue weighted by Crippen LogP contribution is -2.22. The van der Waals surface area contributed by atoms with E-state index in [-0.39, 0.29) is 12.5 Å². The smallest absolute Gasteiger partial charge is 0.339 e. The zero-order valence-corrected chi connectivity index (χ0v) is 14.1. The summed E-state index contributed by atoms with van der Waals surface area (Å²) in [6.07, 6.45) is 5.82. The standard InChI is InChI=1S/C19H20N2O4/c1-24-19(23)14-7-3-5-9-16(14)21-18(22)12-25-17-10-11-20-15-8-4-2-6-13(15)17/h3,5,7,9-11H,2,4,6,8,12H2,1H3,(H,21,22). The van der Waals surface area contributed by atoms with Crippen molar-refractivity contribution in [2.24, 2.45) is 0 Å². The zero-order valence-electron chi connectivity index (χ0n) is 14.1. The van der Waals surface area contributed by atoms with Crippen molar-refractivity contribution < 1.29 is 19.1 Å². The number of carbonyl (C=O) groups is 2. The van der Waals surface area contributed by atoms with E-state index in [1.165, 1.54) is 7.11 Å². The van der Waals surface area contributed by atoms with E-state index in [1.807, 2.05) is 0 Å². The van der Waals surface area contributed by atoms with E-state index in [0.717, 1.165) is 36.9 Å². The molecule has 0 unspecified atom stereocenters. The first-order valence-corrected chi connectivity index (χ1v) is 8.26. The maximum Gasteiger partial charge on any atom is 0.339 e. The Hall–Kier alpha value is -2.89. The van der Waals surface area contributed by atoms with E-state index < -0.39 is 5.97 Å². The first-order chi connectivity index (χ1) is 12.2. The average molecular weight is 340 g/mol. The van der Waals surface area contributed by atoms with Crippen LogP contribution >= 0.6 is 0 Å². The highest BCUT2D eigenvalue weighted by molar-refractivity contribution is 6.01. The molecule has 0 bridgehead atoms. The molecule has 130 valence electrons. The topological polar surface area (TPSA) is 77.5 Å². The summed E-state index contributed by atoms with van der Waals surface area (Å²) in [5, 5.41) is 2.70. The Morgan fingerprint density at radius 2 is 1.96 bits per heavy atom. The van der Waals surface area contributed by atoms with Gasteiger partial charge < -0.3 is 14.8 Å². The Labute approximate surface area is 146 Å². The Morgan fingerprint density at radius 1 is 1.16 bits per heavy atom. The van der Waals surface area contributed by atoms with Gasteiger partial charge in [0.15, 0.2) is 6.61 Å². The summed E-state index contributed by atoms with van der Waals surface area (Å²) in [6, 6.07) is 8.49. The number of rotatable bonds is 5. The predicted molar refractivity (Wildman–Crippen MR) is 92.8 cm³/mol. The second-order valence-corrected chi connectivity index (χ2v) is 5.82. The van der Waals surface area contributed by atoms with E-state index in [1.54, 1.807) is 36.5 Å². The van der Waals surface area contributed by atoms with Crippen LogP contribution in [0.4, 0.5) is 5.69 Å². The minimum absolute atomic E-state index is 0.133. The van der Waals surface area contributed by atoms with E-state index in [4.69, 9.17) is 9.47 Å². The van der Waals surface area contributed by atoms with E-state index >= 15 is 0 Å². The largest absolute Gasteiger partial charge is 0.483 e. The summed E-state index contributed by atoms with van der Waals surface area (Å²) in [5.41, 5.74) is 2.86. The number of fused-ring (bicyclic) bond motifs is 1. The van der Waals surface area contributed by atoms with Crippen LogP contribution in [0.2, 0.25) is 0 Å². The van der Waals surface area contributed by atoms with Gasteiger partial charge in [-0.3, -0.25) is 9.78 Å². The molecule has 1 aliphatic carbocycles. The lowest BCUT2D eigenvalue weighted by molar-refractivity contribution is -0.118. The van der Waals surface area contributed by atoms with E-state index in [0.29, 0.717) is 17.0 Å². The molecule has 1 N–H and O–H groups in total. The van der Waals surface area contributed by atoms with Crippen LogP contribution < -0.4 is 10.1 Å². The van der Waals surface area contributed by atoms with Crippen LogP contribution in [0.3, 0.4) is 0 Å². The molecule has 0 spiro atoms. The summed E-state index contributed by atoms with van der Waals surface area (Å²) in [7, 11) is 1.30. The molecule has 0 saturated carbocycles. The number of anilines is 1. The molecule has 1 aliphatic rings. The molecule has 1 aromatic heterocycles. The van der Waals surface area contributed by atoms with E-state index in [9.17, 15) is 9.59 Å². The van der Waals surface area contributed by atoms with Gasteiger partial charge in [-0.25, -0.2) is 4.79 Å². The zero-order chi connectivity index (χ0) is 17.6. The molecular weight excluding hydrogens is 320 g/mol. The Bertz CT molecular complexity index is 789. The Balaban J connectivity index is 1.66. The lowest BCUT2D eigenvalue weighted by atomic mass is 9.95. The third kappa shape index (κ3) is 3.96. The molecule has 6 heteroatoms. The average Bonchev–Trinajstić information content (AvgIpc) is 2.66. The molecule has 3 rings (SSSR count). The fourth-order valence-electron chi connectivity index (χ4n) is 2.94. The number of nitrogens with zero attached hydrogens (tertiary/aromatic N) is 1. The quantitative estimate of drug-likeness (QED) is 0.847. The summed E-state index contributed by atoms with van der Waals surface area (Å²) in [4.78, 5) is 28.3. The van der Waals surface area contributed by atoms with Crippen LogP contribution in [0.1, 0.15) is 34.5 Å². The molecule has 1 aromatic carbocycles. The van der Waals surface area contributed by atoms with Crippen LogP contribution in [0, 0.1) is 0 Å². The third-order valence-corrected chi connectivity index (χ3v) is 4.16. The number of esters is 1. The molecule has 6 nitrogen and oxygen atoms in total. The van der Waals surface area contributed by atoms with Crippen molar-refractivity contribution in [2.75, 3.05) is 19.0 Å². The SMILES string of the molecule is COC(=O)c1ccccc1NC(=O)COc1ccnc2c1CCCC2. The van der Waals surface area contributed by atoms with Crippen LogP contribution in [0.25, 0.3) is 0 Å². The van der Waals surface area contributed by atoms with Gasteiger partial charge in [-0.2, -0.15) is 0 Å². The van der Waals surface area contributed by atoms with Gasteiger partial charge in [0.25, 0.3) is 5.91 Å². The monoisotopic (exact) mass is 340 g/mol. The Morgan fingerprint density at radius 3 is 2.80 bits per heavy atom. The van der Waals surface area contributed by atoms with Crippen molar-refractivity contribution in [3.8, 4) is 5.75 Å². The molecule has 0 saturated heterocycles. The molecule has 0 radical (unpaired) electrons. The minimum atomic E-state index is -0.500. The summed E-state index contributed by atoms with van der Waals surface area (Å²) in [6.45, 7) is -0.133. The highest BCUT2D eigenvalue weighted by atomic mass is 16.5. The van der Waals surface area contributed by atoms with Gasteiger partial charge in [-0.1, -0.05) is 12.1 Å². The van der Waals surface area contributed by atoms with Gasteiger partial charge in [0.2, 0.25) is 0 Å². The first kappa shape index (κ1) is 17.0. The van der Waals surface area contributed by atoms with Gasteiger partial charge >= 0.3 is 5.97 Å². The van der Waals surface area contributed by atoms with Gasteiger partial charge in [0.05, 0.1) is 18.4 Å². The fraction of sp³-hybridized carbons (Fsp3) is 0.316. The summed E-state index contributed by atoms with van der Waals surface area (Å²) >= 11 is 0. The molecule has 25 heavy (non-hydrogen) atoms. The van der Waals surface area contributed by atoms with Crippen molar-refractivity contribution in [3.05, 3.63) is 53.3 Å². The molecule has 1 heterocycles. The predicted octanol–water partition coefficient (Wildman–Crippen LogP) is 2.76. The number of hydrogen-bond donors (Lipinski definition) is 1. The van der Waals surface area contributed by atoms with Crippen LogP contribution in [0.15, 0.2) is 36.5 Å². The van der Waals surface area contributed by atoms with Crippen molar-refractivity contribution >= 4 is 17.6 Å². The van der Waals surface area contributed by atoms with Crippen LogP contribution in [-0.4, -0.2) is 30.6 Å². The van der Waals surface area contributed by atoms with Gasteiger partial charge in [-0.05, 0) is 43.9 Å². The van der Waals surface area contributed by atoms with Crippen LogP contribution in [0.5, 0.6) is 5.75 Å². The van der Waals surface area contributed by atoms with Crippen molar-refractivity contribution in [1.82, 2.24) is 4.98 Å². The molecule has 2 aromatic rings. The normalized spacial score (nSPS) is 12.8. The Kier molecular flexibility index (Phi) is 5.28. The highest BCUT2D eigenvalue weighted by Crippen LogP contribution is 2.27. The van der Waals surface area contributed by atoms with Crippen molar-refractivity contribution in [1.29, 1.82) is 0 Å². The molecule has 1 amide bonds. The molecule has 0 fully saturated rings. The number of ether oxygens (including phenoxy) is 2. The summed E-state index contributed by atoms with van der Waals surface area (Å²) < 4.78 is 10.4. The maximum atomic E-state index is 12.2. The van der Waals surface area contributed by atoms with Crippen molar-refractivity contribution in [3.63, 3.8) is 0 Å². The van der Waals surface area contributed by atoms with Gasteiger partial charge in [0, 0.05) is 17.5 Å². The number of aryl methyl sites for hydroxylation is 1. The number of carbonyl (C=O) groups excluding carboxylic acids is 2.